The third-order valence-electron chi connectivity index (χ3n) is 2.45. The van der Waals surface area contributed by atoms with Gasteiger partial charge >= 0.3 is 5.97 Å². The summed E-state index contributed by atoms with van der Waals surface area (Å²) in [5.74, 6) is 1.21. The standard InChI is InChI=1S/C10H14N2O3/c13-10(14)3-1-2-8-11-12-9(15-8)6-7-4-5-7/h7H,1-6H2,(H,13,14). The van der Waals surface area contributed by atoms with Crippen molar-refractivity contribution < 1.29 is 14.3 Å². The first-order valence-corrected chi connectivity index (χ1v) is 5.27. The summed E-state index contributed by atoms with van der Waals surface area (Å²) < 4.78 is 5.40. The summed E-state index contributed by atoms with van der Waals surface area (Å²) in [6, 6.07) is 0. The van der Waals surface area contributed by atoms with Crippen LogP contribution in [0.4, 0.5) is 0 Å². The Labute approximate surface area is 87.5 Å². The number of rotatable bonds is 6. The molecule has 1 aliphatic rings. The minimum absolute atomic E-state index is 0.153. The summed E-state index contributed by atoms with van der Waals surface area (Å²) in [6.07, 6.45) is 4.67. The molecule has 0 atom stereocenters. The van der Waals surface area contributed by atoms with Crippen molar-refractivity contribution in [1.29, 1.82) is 0 Å². The fourth-order valence-electron chi connectivity index (χ4n) is 1.43. The Balaban J connectivity index is 1.75. The molecule has 1 fully saturated rings. The predicted molar refractivity (Wildman–Crippen MR) is 51.3 cm³/mol. The van der Waals surface area contributed by atoms with E-state index in [9.17, 15) is 4.79 Å². The van der Waals surface area contributed by atoms with Crippen LogP contribution >= 0.6 is 0 Å². The number of carboxylic acid groups (broad SMARTS) is 1. The van der Waals surface area contributed by atoms with E-state index in [2.05, 4.69) is 10.2 Å². The lowest BCUT2D eigenvalue weighted by Crippen LogP contribution is -1.95. The molecule has 15 heavy (non-hydrogen) atoms. The second-order valence-electron chi connectivity index (χ2n) is 3.98. The van der Waals surface area contributed by atoms with Crippen LogP contribution in [0.25, 0.3) is 0 Å². The topological polar surface area (TPSA) is 76.2 Å². The first-order valence-electron chi connectivity index (χ1n) is 5.27. The van der Waals surface area contributed by atoms with Gasteiger partial charge in [0.25, 0.3) is 0 Å². The molecular formula is C10H14N2O3. The number of aryl methyl sites for hydroxylation is 1. The molecule has 1 aromatic rings. The van der Waals surface area contributed by atoms with Gasteiger partial charge in [-0.3, -0.25) is 4.79 Å². The molecule has 0 unspecified atom stereocenters. The largest absolute Gasteiger partial charge is 0.481 e. The molecule has 82 valence electrons. The second-order valence-corrected chi connectivity index (χ2v) is 3.98. The number of carbonyl (C=O) groups is 1. The number of hydrogen-bond acceptors (Lipinski definition) is 4. The Morgan fingerprint density at radius 1 is 1.40 bits per heavy atom. The molecule has 0 spiro atoms. The molecule has 1 heterocycles. The molecule has 0 bridgehead atoms. The first-order chi connectivity index (χ1) is 7.24. The van der Waals surface area contributed by atoms with Crippen molar-refractivity contribution in [3.05, 3.63) is 11.8 Å². The van der Waals surface area contributed by atoms with Crippen LogP contribution < -0.4 is 0 Å². The zero-order valence-corrected chi connectivity index (χ0v) is 8.48. The number of hydrogen-bond donors (Lipinski definition) is 1. The first kappa shape index (κ1) is 10.1. The predicted octanol–water partition coefficient (Wildman–Crippen LogP) is 1.43. The summed E-state index contributed by atoms with van der Waals surface area (Å²) >= 11 is 0. The van der Waals surface area contributed by atoms with Crippen LogP contribution in [-0.2, 0) is 17.6 Å². The maximum Gasteiger partial charge on any atom is 0.303 e. The van der Waals surface area contributed by atoms with Gasteiger partial charge in [0.1, 0.15) is 0 Å². The summed E-state index contributed by atoms with van der Waals surface area (Å²) in [6.45, 7) is 0. The van der Waals surface area contributed by atoms with Gasteiger partial charge in [-0.15, -0.1) is 10.2 Å². The Morgan fingerprint density at radius 3 is 2.80 bits per heavy atom. The highest BCUT2D eigenvalue weighted by Crippen LogP contribution is 2.32. The Bertz CT molecular complexity index is 344. The number of nitrogens with zero attached hydrogens (tertiary/aromatic N) is 2. The fourth-order valence-corrected chi connectivity index (χ4v) is 1.43. The molecule has 5 nitrogen and oxygen atoms in total. The summed E-state index contributed by atoms with van der Waals surface area (Å²) in [4.78, 5) is 10.3. The van der Waals surface area contributed by atoms with Crippen molar-refractivity contribution in [1.82, 2.24) is 10.2 Å². The van der Waals surface area contributed by atoms with Crippen molar-refractivity contribution in [3.63, 3.8) is 0 Å². The number of aromatic nitrogens is 2. The van der Waals surface area contributed by atoms with Crippen LogP contribution in [0.5, 0.6) is 0 Å². The second kappa shape index (κ2) is 4.42. The molecule has 5 heteroatoms. The van der Waals surface area contributed by atoms with Gasteiger partial charge < -0.3 is 9.52 Å². The Morgan fingerprint density at radius 2 is 2.13 bits per heavy atom. The lowest BCUT2D eigenvalue weighted by atomic mass is 10.2. The smallest absolute Gasteiger partial charge is 0.303 e. The summed E-state index contributed by atoms with van der Waals surface area (Å²) in [7, 11) is 0. The number of aliphatic carboxylic acids is 1. The van der Waals surface area contributed by atoms with Crippen molar-refractivity contribution in [2.24, 2.45) is 5.92 Å². The van der Waals surface area contributed by atoms with Gasteiger partial charge in [-0.2, -0.15) is 0 Å². The summed E-state index contributed by atoms with van der Waals surface area (Å²) in [5.41, 5.74) is 0. The van der Waals surface area contributed by atoms with Gasteiger partial charge in [0.15, 0.2) is 0 Å². The van der Waals surface area contributed by atoms with Gasteiger partial charge in [-0.25, -0.2) is 0 Å². The van der Waals surface area contributed by atoms with Crippen LogP contribution in [0.2, 0.25) is 0 Å². The van der Waals surface area contributed by atoms with Gasteiger partial charge in [-0.05, 0) is 25.2 Å². The maximum absolute atomic E-state index is 10.3. The molecule has 0 saturated heterocycles. The zero-order valence-electron chi connectivity index (χ0n) is 8.48. The molecule has 1 saturated carbocycles. The monoisotopic (exact) mass is 210 g/mol. The average Bonchev–Trinajstić information content (AvgIpc) is 2.86. The van der Waals surface area contributed by atoms with Gasteiger partial charge in [-0.1, -0.05) is 0 Å². The highest BCUT2D eigenvalue weighted by molar-refractivity contribution is 5.66. The van der Waals surface area contributed by atoms with E-state index in [4.69, 9.17) is 9.52 Å². The van der Waals surface area contributed by atoms with Crippen LogP contribution in [0, 0.1) is 5.92 Å². The van der Waals surface area contributed by atoms with Crippen LogP contribution in [0.15, 0.2) is 4.42 Å². The van der Waals surface area contributed by atoms with E-state index in [-0.39, 0.29) is 6.42 Å². The third-order valence-corrected chi connectivity index (χ3v) is 2.45. The van der Waals surface area contributed by atoms with Crippen molar-refractivity contribution in [2.45, 2.75) is 38.5 Å². The molecule has 1 N–H and O–H groups in total. The highest BCUT2D eigenvalue weighted by atomic mass is 16.4. The number of carboxylic acids is 1. The van der Waals surface area contributed by atoms with Gasteiger partial charge in [0, 0.05) is 19.3 Å². The molecular weight excluding hydrogens is 196 g/mol. The van der Waals surface area contributed by atoms with Crippen molar-refractivity contribution >= 4 is 5.97 Å². The molecule has 2 rings (SSSR count). The zero-order chi connectivity index (χ0) is 10.7. The van der Waals surface area contributed by atoms with Gasteiger partial charge in [0.2, 0.25) is 11.8 Å². The molecule has 1 aromatic heterocycles. The fraction of sp³-hybridized carbons (Fsp3) is 0.700. The lowest BCUT2D eigenvalue weighted by Gasteiger charge is -1.92. The summed E-state index contributed by atoms with van der Waals surface area (Å²) in [5, 5.41) is 16.3. The van der Waals surface area contributed by atoms with Crippen molar-refractivity contribution in [2.75, 3.05) is 0 Å². The molecule has 1 aliphatic carbocycles. The van der Waals surface area contributed by atoms with Crippen LogP contribution in [-0.4, -0.2) is 21.3 Å². The molecule has 0 radical (unpaired) electrons. The van der Waals surface area contributed by atoms with Crippen LogP contribution in [0.1, 0.15) is 37.5 Å². The quantitative estimate of drug-likeness (QED) is 0.768. The van der Waals surface area contributed by atoms with Gasteiger partial charge in [0.05, 0.1) is 0 Å². The van der Waals surface area contributed by atoms with E-state index in [0.717, 1.165) is 12.3 Å². The SMILES string of the molecule is O=C(O)CCCc1nnc(CC2CC2)o1. The van der Waals surface area contributed by atoms with E-state index >= 15 is 0 Å². The van der Waals surface area contributed by atoms with E-state index in [0.29, 0.717) is 24.6 Å². The highest BCUT2D eigenvalue weighted by Gasteiger charge is 2.24. The third kappa shape index (κ3) is 3.34. The van der Waals surface area contributed by atoms with Crippen molar-refractivity contribution in [3.8, 4) is 0 Å². The molecule has 0 aromatic carbocycles. The maximum atomic E-state index is 10.3. The lowest BCUT2D eigenvalue weighted by molar-refractivity contribution is -0.137. The molecule has 0 aliphatic heterocycles. The van der Waals surface area contributed by atoms with E-state index in [1.165, 1.54) is 12.8 Å². The Kier molecular flexibility index (Phi) is 2.99. The van der Waals surface area contributed by atoms with E-state index in [1.807, 2.05) is 0 Å². The average molecular weight is 210 g/mol. The molecule has 0 amide bonds. The normalized spacial score (nSPS) is 15.5. The van der Waals surface area contributed by atoms with E-state index < -0.39 is 5.97 Å². The van der Waals surface area contributed by atoms with E-state index in [1.54, 1.807) is 0 Å². The minimum Gasteiger partial charge on any atom is -0.481 e. The minimum atomic E-state index is -0.785. The Hall–Kier alpha value is -1.39. The van der Waals surface area contributed by atoms with Crippen LogP contribution in [0.3, 0.4) is 0 Å².